The predicted octanol–water partition coefficient (Wildman–Crippen LogP) is 0.733. The van der Waals surface area contributed by atoms with Gasteiger partial charge in [-0.05, 0) is 30.5 Å². The maximum Gasteiger partial charge on any atom is 0.251 e. The Morgan fingerprint density at radius 3 is 3.19 bits per heavy atom. The van der Waals surface area contributed by atoms with Crippen LogP contribution in [0.5, 0.6) is 0 Å². The summed E-state index contributed by atoms with van der Waals surface area (Å²) in [6.07, 6.45) is 2.04. The van der Waals surface area contributed by atoms with Crippen molar-refractivity contribution in [3.8, 4) is 0 Å². The second-order valence-corrected chi connectivity index (χ2v) is 3.91. The first-order chi connectivity index (χ1) is 7.83. The zero-order valence-electron chi connectivity index (χ0n) is 9.25. The molecule has 0 unspecified atom stereocenters. The van der Waals surface area contributed by atoms with Crippen molar-refractivity contribution in [2.75, 3.05) is 25.0 Å². The van der Waals surface area contributed by atoms with Crippen LogP contribution in [-0.4, -0.2) is 25.5 Å². The fourth-order valence-electron chi connectivity index (χ4n) is 2.00. The molecule has 0 fully saturated rings. The average molecular weight is 219 g/mol. The zero-order valence-corrected chi connectivity index (χ0v) is 9.25. The summed E-state index contributed by atoms with van der Waals surface area (Å²) in [7, 11) is 0. The molecule has 1 aliphatic heterocycles. The summed E-state index contributed by atoms with van der Waals surface area (Å²) in [4.78, 5) is 11.9. The van der Waals surface area contributed by atoms with Crippen LogP contribution in [0, 0.1) is 0 Å². The number of carbonyl (C=O) groups is 1. The summed E-state index contributed by atoms with van der Waals surface area (Å²) in [6, 6.07) is 5.81. The quantitative estimate of drug-likeness (QED) is 0.702. The predicted molar refractivity (Wildman–Crippen MR) is 64.6 cm³/mol. The lowest BCUT2D eigenvalue weighted by atomic mass is 9.97. The van der Waals surface area contributed by atoms with Crippen molar-refractivity contribution in [1.82, 2.24) is 5.32 Å². The first kappa shape index (κ1) is 11.0. The lowest BCUT2D eigenvalue weighted by molar-refractivity contribution is 0.0954. The van der Waals surface area contributed by atoms with Crippen LogP contribution in [0.15, 0.2) is 18.2 Å². The molecule has 0 aromatic heterocycles. The highest BCUT2D eigenvalue weighted by atomic mass is 16.1. The Morgan fingerprint density at radius 1 is 1.50 bits per heavy atom. The normalized spacial score (nSPS) is 13.8. The minimum Gasteiger partial charge on any atom is -0.385 e. The number of hydrogen-bond donors (Lipinski definition) is 3. The van der Waals surface area contributed by atoms with Crippen molar-refractivity contribution >= 4 is 11.6 Å². The standard InChI is InChI=1S/C12H17N3O/c13-6-8-15-12(16)10-3-1-5-11-9(10)4-2-7-14-11/h1,3,5,14H,2,4,6-8,13H2,(H,15,16). The molecule has 1 aromatic rings. The molecule has 0 bridgehead atoms. The van der Waals surface area contributed by atoms with E-state index >= 15 is 0 Å². The topological polar surface area (TPSA) is 67.1 Å². The Hall–Kier alpha value is -1.55. The summed E-state index contributed by atoms with van der Waals surface area (Å²) >= 11 is 0. The molecule has 1 heterocycles. The third kappa shape index (κ3) is 2.17. The number of anilines is 1. The number of fused-ring (bicyclic) bond motifs is 1. The van der Waals surface area contributed by atoms with Gasteiger partial charge in [0.2, 0.25) is 0 Å². The fraction of sp³-hybridized carbons (Fsp3) is 0.417. The first-order valence-corrected chi connectivity index (χ1v) is 5.67. The van der Waals surface area contributed by atoms with Crippen molar-refractivity contribution in [2.24, 2.45) is 5.73 Å². The van der Waals surface area contributed by atoms with Gasteiger partial charge in [-0.3, -0.25) is 4.79 Å². The minimum atomic E-state index is -0.0222. The highest BCUT2D eigenvalue weighted by Crippen LogP contribution is 2.25. The van der Waals surface area contributed by atoms with Gasteiger partial charge in [-0.2, -0.15) is 0 Å². The summed E-state index contributed by atoms with van der Waals surface area (Å²) < 4.78 is 0. The Morgan fingerprint density at radius 2 is 2.38 bits per heavy atom. The Bertz CT molecular complexity index is 390. The average Bonchev–Trinajstić information content (AvgIpc) is 2.35. The maximum absolute atomic E-state index is 11.9. The molecule has 2 rings (SSSR count). The summed E-state index contributed by atoms with van der Waals surface area (Å²) in [6.45, 7) is 1.98. The summed E-state index contributed by atoms with van der Waals surface area (Å²) in [5.41, 5.74) is 8.36. The van der Waals surface area contributed by atoms with E-state index < -0.39 is 0 Å². The van der Waals surface area contributed by atoms with Crippen molar-refractivity contribution in [1.29, 1.82) is 0 Å². The number of hydrogen-bond acceptors (Lipinski definition) is 3. The van der Waals surface area contributed by atoms with Gasteiger partial charge in [0.15, 0.2) is 0 Å². The van der Waals surface area contributed by atoms with Crippen LogP contribution in [0.4, 0.5) is 5.69 Å². The number of rotatable bonds is 3. The Labute approximate surface area is 95.2 Å². The molecular weight excluding hydrogens is 202 g/mol. The second kappa shape index (κ2) is 4.99. The van der Waals surface area contributed by atoms with Gasteiger partial charge >= 0.3 is 0 Å². The van der Waals surface area contributed by atoms with Crippen LogP contribution in [0.3, 0.4) is 0 Å². The number of carbonyl (C=O) groups excluding carboxylic acids is 1. The largest absolute Gasteiger partial charge is 0.385 e. The third-order valence-corrected chi connectivity index (χ3v) is 2.77. The first-order valence-electron chi connectivity index (χ1n) is 5.67. The van der Waals surface area contributed by atoms with Gasteiger partial charge in [0.05, 0.1) is 0 Å². The number of benzene rings is 1. The Kier molecular flexibility index (Phi) is 3.41. The molecule has 4 heteroatoms. The highest BCUT2D eigenvalue weighted by Gasteiger charge is 2.16. The number of nitrogens with one attached hydrogen (secondary N) is 2. The second-order valence-electron chi connectivity index (χ2n) is 3.91. The minimum absolute atomic E-state index is 0.0222. The van der Waals surface area contributed by atoms with E-state index in [0.29, 0.717) is 13.1 Å². The van der Waals surface area contributed by atoms with Gasteiger partial charge in [-0.25, -0.2) is 0 Å². The third-order valence-electron chi connectivity index (χ3n) is 2.77. The molecule has 0 radical (unpaired) electrons. The maximum atomic E-state index is 11.9. The van der Waals surface area contributed by atoms with E-state index in [9.17, 15) is 4.79 Å². The molecule has 1 aliphatic rings. The molecule has 0 atom stereocenters. The van der Waals surface area contributed by atoms with E-state index in [2.05, 4.69) is 10.6 Å². The van der Waals surface area contributed by atoms with Gasteiger partial charge in [0.25, 0.3) is 5.91 Å². The van der Waals surface area contributed by atoms with E-state index in [-0.39, 0.29) is 5.91 Å². The molecule has 86 valence electrons. The van der Waals surface area contributed by atoms with Crippen LogP contribution in [0.1, 0.15) is 22.3 Å². The molecule has 0 saturated carbocycles. The zero-order chi connectivity index (χ0) is 11.4. The molecule has 4 N–H and O–H groups in total. The van der Waals surface area contributed by atoms with E-state index in [1.54, 1.807) is 0 Å². The number of nitrogens with two attached hydrogens (primary N) is 1. The lowest BCUT2D eigenvalue weighted by Gasteiger charge is -2.20. The van der Waals surface area contributed by atoms with Crippen molar-refractivity contribution in [3.05, 3.63) is 29.3 Å². The molecule has 4 nitrogen and oxygen atoms in total. The van der Waals surface area contributed by atoms with E-state index in [1.165, 1.54) is 0 Å². The molecule has 0 spiro atoms. The van der Waals surface area contributed by atoms with E-state index in [4.69, 9.17) is 5.73 Å². The Balaban J connectivity index is 2.23. The lowest BCUT2D eigenvalue weighted by Crippen LogP contribution is -2.30. The SMILES string of the molecule is NCCNC(=O)c1cccc2c1CCCN2. The van der Waals surface area contributed by atoms with Crippen LogP contribution < -0.4 is 16.4 Å². The van der Waals surface area contributed by atoms with E-state index in [0.717, 1.165) is 36.2 Å². The number of amides is 1. The van der Waals surface area contributed by atoms with Gasteiger partial charge in [0.1, 0.15) is 0 Å². The highest BCUT2D eigenvalue weighted by molar-refractivity contribution is 5.97. The fourth-order valence-corrected chi connectivity index (χ4v) is 2.00. The molecule has 0 aliphatic carbocycles. The molecule has 1 aromatic carbocycles. The van der Waals surface area contributed by atoms with Gasteiger partial charge < -0.3 is 16.4 Å². The van der Waals surface area contributed by atoms with Crippen LogP contribution in [0.2, 0.25) is 0 Å². The monoisotopic (exact) mass is 219 g/mol. The molecule has 1 amide bonds. The van der Waals surface area contributed by atoms with Crippen molar-refractivity contribution in [3.63, 3.8) is 0 Å². The van der Waals surface area contributed by atoms with Crippen LogP contribution >= 0.6 is 0 Å². The van der Waals surface area contributed by atoms with Crippen molar-refractivity contribution < 1.29 is 4.79 Å². The smallest absolute Gasteiger partial charge is 0.251 e. The van der Waals surface area contributed by atoms with Crippen molar-refractivity contribution in [2.45, 2.75) is 12.8 Å². The summed E-state index contributed by atoms with van der Waals surface area (Å²) in [5, 5.41) is 6.12. The summed E-state index contributed by atoms with van der Waals surface area (Å²) in [5.74, 6) is -0.0222. The van der Waals surface area contributed by atoms with E-state index in [1.807, 2.05) is 18.2 Å². The van der Waals surface area contributed by atoms with Gasteiger partial charge in [-0.15, -0.1) is 0 Å². The van der Waals surface area contributed by atoms with Gasteiger partial charge in [-0.1, -0.05) is 6.07 Å². The van der Waals surface area contributed by atoms with Gasteiger partial charge in [0, 0.05) is 30.9 Å². The molecule has 16 heavy (non-hydrogen) atoms. The molecule has 0 saturated heterocycles. The molecular formula is C12H17N3O. The van der Waals surface area contributed by atoms with Crippen LogP contribution in [-0.2, 0) is 6.42 Å². The van der Waals surface area contributed by atoms with Crippen LogP contribution in [0.25, 0.3) is 0 Å².